The maximum Gasteiger partial charge on any atom is 0.220 e. The van der Waals surface area contributed by atoms with Crippen LogP contribution >= 0.6 is 0 Å². The second-order valence-electron chi connectivity index (χ2n) is 6.51. The molecule has 1 aromatic carbocycles. The van der Waals surface area contributed by atoms with E-state index in [-0.39, 0.29) is 5.91 Å². The third-order valence-corrected chi connectivity index (χ3v) is 4.79. The van der Waals surface area contributed by atoms with E-state index in [2.05, 4.69) is 46.5 Å². The number of H-pyrrole nitrogens is 1. The van der Waals surface area contributed by atoms with Crippen LogP contribution in [0.3, 0.4) is 0 Å². The third-order valence-electron chi connectivity index (χ3n) is 4.79. The molecule has 0 spiro atoms. The molecule has 1 atom stereocenters. The highest BCUT2D eigenvalue weighted by Gasteiger charge is 2.17. The number of carbonyl (C=O) groups is 1. The van der Waals surface area contributed by atoms with Gasteiger partial charge in [0.1, 0.15) is 0 Å². The van der Waals surface area contributed by atoms with E-state index in [0.29, 0.717) is 19.0 Å². The van der Waals surface area contributed by atoms with E-state index in [0.717, 1.165) is 44.7 Å². The van der Waals surface area contributed by atoms with Crippen LogP contribution in [0.4, 0.5) is 0 Å². The number of morpholine rings is 1. The van der Waals surface area contributed by atoms with Crippen molar-refractivity contribution in [1.82, 2.24) is 15.2 Å². The number of aryl methyl sites for hydroxylation is 1. The Labute approximate surface area is 143 Å². The molecule has 24 heavy (non-hydrogen) atoms. The van der Waals surface area contributed by atoms with Crippen LogP contribution in [0, 0.1) is 0 Å². The highest BCUT2D eigenvalue weighted by molar-refractivity contribution is 5.83. The number of hydrogen-bond acceptors (Lipinski definition) is 3. The first-order chi connectivity index (χ1) is 11.7. The lowest BCUT2D eigenvalue weighted by Crippen LogP contribution is -2.47. The van der Waals surface area contributed by atoms with Gasteiger partial charge in [0.05, 0.1) is 13.2 Å². The first-order valence-electron chi connectivity index (χ1n) is 8.87. The minimum atomic E-state index is 0.148. The van der Waals surface area contributed by atoms with E-state index in [1.807, 2.05) is 6.07 Å². The molecule has 2 N–H and O–H groups in total. The molecule has 2 aromatic rings. The summed E-state index contributed by atoms with van der Waals surface area (Å²) >= 11 is 0. The SMILES string of the molecule is CC(CNC(=O)CCCc1c[nH]c2ccccc12)N1CCOCC1. The van der Waals surface area contributed by atoms with Crippen molar-refractivity contribution < 1.29 is 9.53 Å². The van der Waals surface area contributed by atoms with Crippen LogP contribution < -0.4 is 5.32 Å². The van der Waals surface area contributed by atoms with Crippen molar-refractivity contribution >= 4 is 16.8 Å². The highest BCUT2D eigenvalue weighted by atomic mass is 16.5. The Bertz CT molecular complexity index is 661. The number of carbonyl (C=O) groups excluding carboxylic acids is 1. The Morgan fingerprint density at radius 1 is 1.33 bits per heavy atom. The van der Waals surface area contributed by atoms with E-state index >= 15 is 0 Å². The van der Waals surface area contributed by atoms with Gasteiger partial charge >= 0.3 is 0 Å². The zero-order valence-corrected chi connectivity index (χ0v) is 14.4. The van der Waals surface area contributed by atoms with Crippen LogP contribution in [-0.2, 0) is 16.0 Å². The number of para-hydroxylation sites is 1. The van der Waals surface area contributed by atoms with Crippen LogP contribution in [0.1, 0.15) is 25.3 Å². The Kier molecular flexibility index (Phi) is 5.88. The van der Waals surface area contributed by atoms with Crippen LogP contribution in [0.2, 0.25) is 0 Å². The number of benzene rings is 1. The van der Waals surface area contributed by atoms with Crippen molar-refractivity contribution in [2.24, 2.45) is 0 Å². The van der Waals surface area contributed by atoms with Crippen molar-refractivity contribution in [2.75, 3.05) is 32.8 Å². The molecular weight excluding hydrogens is 302 g/mol. The highest BCUT2D eigenvalue weighted by Crippen LogP contribution is 2.19. The van der Waals surface area contributed by atoms with Gasteiger partial charge in [-0.25, -0.2) is 0 Å². The third kappa shape index (κ3) is 4.36. The minimum absolute atomic E-state index is 0.148. The normalized spacial score (nSPS) is 17.0. The van der Waals surface area contributed by atoms with Gasteiger partial charge in [-0.3, -0.25) is 9.69 Å². The van der Waals surface area contributed by atoms with Gasteiger partial charge in [0.2, 0.25) is 5.91 Å². The van der Waals surface area contributed by atoms with Gasteiger partial charge in [-0.15, -0.1) is 0 Å². The molecule has 0 aliphatic carbocycles. The first kappa shape index (κ1) is 17.0. The molecule has 1 aliphatic rings. The van der Waals surface area contributed by atoms with Gasteiger partial charge in [0.15, 0.2) is 0 Å². The summed E-state index contributed by atoms with van der Waals surface area (Å²) in [6.07, 6.45) is 4.44. The smallest absolute Gasteiger partial charge is 0.220 e. The number of fused-ring (bicyclic) bond motifs is 1. The van der Waals surface area contributed by atoms with Crippen molar-refractivity contribution in [3.63, 3.8) is 0 Å². The quantitative estimate of drug-likeness (QED) is 0.820. The molecule has 1 aromatic heterocycles. The second-order valence-corrected chi connectivity index (χ2v) is 6.51. The minimum Gasteiger partial charge on any atom is -0.379 e. The van der Waals surface area contributed by atoms with Gasteiger partial charge < -0.3 is 15.0 Å². The summed E-state index contributed by atoms with van der Waals surface area (Å²) in [6.45, 7) is 6.38. The molecule has 3 rings (SSSR count). The lowest BCUT2D eigenvalue weighted by atomic mass is 10.1. The van der Waals surface area contributed by atoms with Crippen molar-refractivity contribution in [3.05, 3.63) is 36.0 Å². The van der Waals surface area contributed by atoms with Gasteiger partial charge in [-0.05, 0) is 31.4 Å². The maximum atomic E-state index is 12.1. The average Bonchev–Trinajstić information content (AvgIpc) is 3.04. The van der Waals surface area contributed by atoms with Crippen LogP contribution in [0.5, 0.6) is 0 Å². The molecule has 5 heteroatoms. The molecule has 0 saturated carbocycles. The number of nitrogens with one attached hydrogen (secondary N) is 2. The number of ether oxygens (including phenoxy) is 1. The van der Waals surface area contributed by atoms with Crippen molar-refractivity contribution in [3.8, 4) is 0 Å². The Morgan fingerprint density at radius 2 is 2.12 bits per heavy atom. The summed E-state index contributed by atoms with van der Waals surface area (Å²) in [5.41, 5.74) is 2.45. The van der Waals surface area contributed by atoms with E-state index in [4.69, 9.17) is 4.74 Å². The summed E-state index contributed by atoms with van der Waals surface area (Å²) < 4.78 is 5.36. The summed E-state index contributed by atoms with van der Waals surface area (Å²) in [7, 11) is 0. The fraction of sp³-hybridized carbons (Fsp3) is 0.526. The predicted molar refractivity (Wildman–Crippen MR) is 96.1 cm³/mol. The molecule has 130 valence electrons. The Morgan fingerprint density at radius 3 is 2.96 bits per heavy atom. The summed E-state index contributed by atoms with van der Waals surface area (Å²) in [4.78, 5) is 17.7. The molecule has 1 aliphatic heterocycles. The standard InChI is InChI=1S/C19H27N3O2/c1-15(22-9-11-24-12-10-22)13-21-19(23)8-4-5-16-14-20-18-7-3-2-6-17(16)18/h2-3,6-7,14-15,20H,4-5,8-13H2,1H3,(H,21,23). The molecule has 1 saturated heterocycles. The fourth-order valence-corrected chi connectivity index (χ4v) is 3.28. The number of aromatic amines is 1. The molecule has 2 heterocycles. The zero-order valence-electron chi connectivity index (χ0n) is 14.4. The lowest BCUT2D eigenvalue weighted by Gasteiger charge is -2.32. The number of hydrogen-bond donors (Lipinski definition) is 2. The van der Waals surface area contributed by atoms with Crippen LogP contribution in [0.15, 0.2) is 30.5 Å². The number of amides is 1. The molecule has 1 amide bonds. The molecule has 1 unspecified atom stereocenters. The van der Waals surface area contributed by atoms with Crippen LogP contribution in [0.25, 0.3) is 10.9 Å². The van der Waals surface area contributed by atoms with E-state index in [9.17, 15) is 4.79 Å². The monoisotopic (exact) mass is 329 g/mol. The van der Waals surface area contributed by atoms with Gasteiger partial charge in [-0.2, -0.15) is 0 Å². The number of rotatable bonds is 7. The average molecular weight is 329 g/mol. The van der Waals surface area contributed by atoms with Crippen molar-refractivity contribution in [1.29, 1.82) is 0 Å². The van der Waals surface area contributed by atoms with Gasteiger partial charge in [-0.1, -0.05) is 18.2 Å². The molecule has 0 bridgehead atoms. The Hall–Kier alpha value is -1.85. The first-order valence-corrected chi connectivity index (χ1v) is 8.87. The second kappa shape index (κ2) is 8.31. The summed E-state index contributed by atoms with van der Waals surface area (Å²) in [5, 5.41) is 4.33. The van der Waals surface area contributed by atoms with E-state index in [1.54, 1.807) is 0 Å². The van der Waals surface area contributed by atoms with Crippen molar-refractivity contribution in [2.45, 2.75) is 32.2 Å². The Balaban J connectivity index is 1.38. The zero-order chi connectivity index (χ0) is 16.8. The molecular formula is C19H27N3O2. The fourth-order valence-electron chi connectivity index (χ4n) is 3.28. The summed E-state index contributed by atoms with van der Waals surface area (Å²) in [6, 6.07) is 8.67. The summed E-state index contributed by atoms with van der Waals surface area (Å²) in [5.74, 6) is 0.148. The lowest BCUT2D eigenvalue weighted by molar-refractivity contribution is -0.121. The van der Waals surface area contributed by atoms with E-state index < -0.39 is 0 Å². The van der Waals surface area contributed by atoms with Gasteiger partial charge in [0.25, 0.3) is 0 Å². The molecule has 1 fully saturated rings. The molecule has 5 nitrogen and oxygen atoms in total. The van der Waals surface area contributed by atoms with E-state index in [1.165, 1.54) is 10.9 Å². The predicted octanol–water partition coefficient (Wildman–Crippen LogP) is 2.33. The van der Waals surface area contributed by atoms with Crippen LogP contribution in [-0.4, -0.2) is 54.7 Å². The largest absolute Gasteiger partial charge is 0.379 e. The molecule has 0 radical (unpaired) electrons. The maximum absolute atomic E-state index is 12.1. The van der Waals surface area contributed by atoms with Gasteiger partial charge in [0, 0.05) is 49.2 Å². The number of nitrogens with zero attached hydrogens (tertiary/aromatic N) is 1. The topological polar surface area (TPSA) is 57.4 Å². The number of aromatic nitrogens is 1.